The number of anilines is 1. The van der Waals surface area contributed by atoms with Gasteiger partial charge in [0, 0.05) is 12.3 Å². The zero-order valence-electron chi connectivity index (χ0n) is 9.64. The van der Waals surface area contributed by atoms with Crippen molar-refractivity contribution in [1.82, 2.24) is 4.98 Å². The molecule has 3 nitrogen and oxygen atoms in total. The van der Waals surface area contributed by atoms with Crippen molar-refractivity contribution < 1.29 is 4.79 Å². The average Bonchev–Trinajstić information content (AvgIpc) is 2.75. The van der Waals surface area contributed by atoms with Crippen LogP contribution in [0.25, 0.3) is 0 Å². The highest BCUT2D eigenvalue weighted by Crippen LogP contribution is 2.16. The van der Waals surface area contributed by atoms with Crippen molar-refractivity contribution >= 4 is 22.4 Å². The van der Waals surface area contributed by atoms with Crippen LogP contribution in [0.4, 0.5) is 5.13 Å². The molecule has 1 aromatic carbocycles. The second-order valence-electron chi connectivity index (χ2n) is 3.81. The maximum Gasteiger partial charge on any atom is 0.223 e. The van der Waals surface area contributed by atoms with E-state index in [0.717, 1.165) is 18.5 Å². The molecule has 0 saturated heterocycles. The standard InChI is InChI=1S/C13H14N2OS/c1-10(16)14-13-15-12(9-17-13)8-7-11-5-3-2-4-6-11/h2-6,9H,7-8H2,1H3,(H,14,15,16). The molecule has 0 saturated carbocycles. The lowest BCUT2D eigenvalue weighted by Crippen LogP contribution is -2.05. The van der Waals surface area contributed by atoms with E-state index in [1.54, 1.807) is 0 Å². The second kappa shape index (κ2) is 5.59. The molecule has 0 radical (unpaired) electrons. The predicted octanol–water partition coefficient (Wildman–Crippen LogP) is 2.89. The van der Waals surface area contributed by atoms with Crippen LogP contribution in [-0.4, -0.2) is 10.9 Å². The maximum absolute atomic E-state index is 10.9. The summed E-state index contributed by atoms with van der Waals surface area (Å²) in [6.45, 7) is 1.49. The number of carbonyl (C=O) groups excluding carboxylic acids is 1. The number of aryl methyl sites for hydroxylation is 2. The lowest BCUT2D eigenvalue weighted by atomic mass is 10.1. The molecule has 0 fully saturated rings. The Morgan fingerprint density at radius 3 is 2.76 bits per heavy atom. The Morgan fingerprint density at radius 2 is 2.06 bits per heavy atom. The van der Waals surface area contributed by atoms with Gasteiger partial charge in [-0.2, -0.15) is 0 Å². The highest BCUT2D eigenvalue weighted by atomic mass is 32.1. The van der Waals surface area contributed by atoms with Gasteiger partial charge in [0.05, 0.1) is 5.69 Å². The fraction of sp³-hybridized carbons (Fsp3) is 0.231. The Morgan fingerprint density at radius 1 is 1.29 bits per heavy atom. The Balaban J connectivity index is 1.91. The Labute approximate surface area is 105 Å². The van der Waals surface area contributed by atoms with Crippen LogP contribution in [0, 0.1) is 0 Å². The van der Waals surface area contributed by atoms with Crippen LogP contribution in [0.1, 0.15) is 18.2 Å². The van der Waals surface area contributed by atoms with Gasteiger partial charge in [0.1, 0.15) is 0 Å². The van der Waals surface area contributed by atoms with Crippen molar-refractivity contribution in [2.45, 2.75) is 19.8 Å². The van der Waals surface area contributed by atoms with E-state index >= 15 is 0 Å². The highest BCUT2D eigenvalue weighted by molar-refractivity contribution is 7.13. The van der Waals surface area contributed by atoms with Crippen molar-refractivity contribution in [3.8, 4) is 0 Å². The van der Waals surface area contributed by atoms with Crippen LogP contribution in [0.3, 0.4) is 0 Å². The van der Waals surface area contributed by atoms with Gasteiger partial charge < -0.3 is 5.32 Å². The first-order chi connectivity index (χ1) is 8.24. The van der Waals surface area contributed by atoms with Gasteiger partial charge in [-0.1, -0.05) is 30.3 Å². The third-order valence-corrected chi connectivity index (χ3v) is 3.15. The Bertz CT molecular complexity index is 493. The number of nitrogens with zero attached hydrogens (tertiary/aromatic N) is 1. The van der Waals surface area contributed by atoms with E-state index < -0.39 is 0 Å². The van der Waals surface area contributed by atoms with Crippen molar-refractivity contribution in [2.24, 2.45) is 0 Å². The topological polar surface area (TPSA) is 42.0 Å². The smallest absolute Gasteiger partial charge is 0.223 e. The number of thiazole rings is 1. The first-order valence-corrected chi connectivity index (χ1v) is 6.38. The maximum atomic E-state index is 10.9. The quantitative estimate of drug-likeness (QED) is 0.901. The van der Waals surface area contributed by atoms with E-state index in [-0.39, 0.29) is 5.91 Å². The lowest BCUT2D eigenvalue weighted by molar-refractivity contribution is -0.114. The van der Waals surface area contributed by atoms with E-state index in [9.17, 15) is 4.79 Å². The molecule has 4 heteroatoms. The lowest BCUT2D eigenvalue weighted by Gasteiger charge is -1.98. The summed E-state index contributed by atoms with van der Waals surface area (Å²) < 4.78 is 0. The van der Waals surface area contributed by atoms with Crippen molar-refractivity contribution in [3.05, 3.63) is 47.0 Å². The van der Waals surface area contributed by atoms with E-state index in [0.29, 0.717) is 5.13 Å². The summed E-state index contributed by atoms with van der Waals surface area (Å²) in [4.78, 5) is 15.2. The molecule has 1 aromatic heterocycles. The van der Waals surface area contributed by atoms with Gasteiger partial charge in [-0.25, -0.2) is 4.98 Å². The molecule has 0 aliphatic rings. The average molecular weight is 246 g/mol. The molecule has 1 N–H and O–H groups in total. The Hall–Kier alpha value is -1.68. The van der Waals surface area contributed by atoms with Crippen LogP contribution in [0.2, 0.25) is 0 Å². The van der Waals surface area contributed by atoms with Gasteiger partial charge in [-0.15, -0.1) is 11.3 Å². The van der Waals surface area contributed by atoms with Gasteiger partial charge in [-0.3, -0.25) is 4.79 Å². The van der Waals surface area contributed by atoms with E-state index in [1.165, 1.54) is 23.8 Å². The molecule has 0 atom stereocenters. The number of amides is 1. The molecule has 17 heavy (non-hydrogen) atoms. The summed E-state index contributed by atoms with van der Waals surface area (Å²) in [5.41, 5.74) is 2.34. The van der Waals surface area contributed by atoms with Crippen LogP contribution < -0.4 is 5.32 Å². The zero-order chi connectivity index (χ0) is 12.1. The van der Waals surface area contributed by atoms with Gasteiger partial charge in [-0.05, 0) is 18.4 Å². The molecule has 2 aromatic rings. The molecule has 0 aliphatic heterocycles. The second-order valence-corrected chi connectivity index (χ2v) is 4.67. The Kier molecular flexibility index (Phi) is 3.88. The summed E-state index contributed by atoms with van der Waals surface area (Å²) in [7, 11) is 0. The minimum absolute atomic E-state index is 0.0750. The molecule has 0 spiro atoms. The number of hydrogen-bond acceptors (Lipinski definition) is 3. The number of rotatable bonds is 4. The molecular formula is C13H14N2OS. The van der Waals surface area contributed by atoms with Gasteiger partial charge >= 0.3 is 0 Å². The highest BCUT2D eigenvalue weighted by Gasteiger charge is 2.03. The first kappa shape index (κ1) is 11.8. The third kappa shape index (κ3) is 3.67. The fourth-order valence-electron chi connectivity index (χ4n) is 1.55. The number of hydrogen-bond donors (Lipinski definition) is 1. The van der Waals surface area contributed by atoms with Crippen molar-refractivity contribution in [3.63, 3.8) is 0 Å². The molecule has 1 heterocycles. The van der Waals surface area contributed by atoms with Crippen LogP contribution in [0.5, 0.6) is 0 Å². The van der Waals surface area contributed by atoms with E-state index in [4.69, 9.17) is 0 Å². The van der Waals surface area contributed by atoms with Crippen LogP contribution in [-0.2, 0) is 17.6 Å². The number of benzene rings is 1. The minimum Gasteiger partial charge on any atom is -0.302 e. The zero-order valence-corrected chi connectivity index (χ0v) is 10.5. The molecule has 88 valence electrons. The molecule has 1 amide bonds. The molecule has 2 rings (SSSR count). The summed E-state index contributed by atoms with van der Waals surface area (Å²) in [5.74, 6) is -0.0750. The molecule has 0 aliphatic carbocycles. The van der Waals surface area contributed by atoms with Crippen molar-refractivity contribution in [2.75, 3.05) is 5.32 Å². The summed E-state index contributed by atoms with van der Waals surface area (Å²) >= 11 is 1.47. The molecule has 0 bridgehead atoms. The van der Waals surface area contributed by atoms with E-state index in [1.807, 2.05) is 23.6 Å². The minimum atomic E-state index is -0.0750. The van der Waals surface area contributed by atoms with Crippen LogP contribution >= 0.6 is 11.3 Å². The van der Waals surface area contributed by atoms with Crippen LogP contribution in [0.15, 0.2) is 35.7 Å². The van der Waals surface area contributed by atoms with E-state index in [2.05, 4.69) is 22.4 Å². The summed E-state index contributed by atoms with van der Waals surface area (Å²) in [5, 5.41) is 5.37. The number of aromatic nitrogens is 1. The SMILES string of the molecule is CC(=O)Nc1nc(CCc2ccccc2)cs1. The first-order valence-electron chi connectivity index (χ1n) is 5.50. The molecule has 0 unspecified atom stereocenters. The molecular weight excluding hydrogens is 232 g/mol. The van der Waals surface area contributed by atoms with Gasteiger partial charge in [0.25, 0.3) is 0 Å². The predicted molar refractivity (Wildman–Crippen MR) is 70.3 cm³/mol. The van der Waals surface area contributed by atoms with Crippen molar-refractivity contribution in [1.29, 1.82) is 0 Å². The largest absolute Gasteiger partial charge is 0.302 e. The monoisotopic (exact) mass is 246 g/mol. The summed E-state index contributed by atoms with van der Waals surface area (Å²) in [6.07, 6.45) is 1.88. The summed E-state index contributed by atoms with van der Waals surface area (Å²) in [6, 6.07) is 10.3. The third-order valence-electron chi connectivity index (χ3n) is 2.35. The normalized spacial score (nSPS) is 10.2. The number of nitrogens with one attached hydrogen (secondary N) is 1. The fourth-order valence-corrected chi connectivity index (χ4v) is 2.34. The van der Waals surface area contributed by atoms with Gasteiger partial charge in [0.2, 0.25) is 5.91 Å². The number of carbonyl (C=O) groups is 1. The van der Waals surface area contributed by atoms with Gasteiger partial charge in [0.15, 0.2) is 5.13 Å².